The van der Waals surface area contributed by atoms with E-state index >= 15 is 0 Å². The normalized spacial score (nSPS) is 15.1. The predicted molar refractivity (Wildman–Crippen MR) is 162 cm³/mol. The summed E-state index contributed by atoms with van der Waals surface area (Å²) >= 11 is 0. The molecule has 0 spiro atoms. The van der Waals surface area contributed by atoms with Gasteiger partial charge in [-0.05, 0) is 43.2 Å². The summed E-state index contributed by atoms with van der Waals surface area (Å²) in [6.45, 7) is 4.05. The molecule has 0 saturated carbocycles. The van der Waals surface area contributed by atoms with Crippen molar-refractivity contribution in [1.29, 1.82) is 0 Å². The fraction of sp³-hybridized carbons (Fsp3) is 0.385. The van der Waals surface area contributed by atoms with Crippen LogP contribution in [0.4, 0.5) is 0 Å². The van der Waals surface area contributed by atoms with Gasteiger partial charge in [-0.25, -0.2) is 0 Å². The van der Waals surface area contributed by atoms with E-state index in [1.807, 2.05) is 38.1 Å². The zero-order valence-electron chi connectivity index (χ0n) is 23.5. The number of nitrogens with zero attached hydrogens (tertiary/aromatic N) is 3. The number of pyridine rings is 1. The Morgan fingerprint density at radius 2 is 1.88 bits per heavy atom. The zero-order valence-corrected chi connectivity index (χ0v) is 23.5. The third-order valence-corrected chi connectivity index (χ3v) is 6.20. The molecular formula is C26H26B6N4O6. The van der Waals surface area contributed by atoms with E-state index in [0.717, 1.165) is 28.3 Å². The zero-order chi connectivity index (χ0) is 31.2. The number of carbonyl (C=O) groups is 3. The molecule has 2 N–H and O–H groups in total. The van der Waals surface area contributed by atoms with Crippen LogP contribution in [0.1, 0.15) is 35.7 Å². The molecule has 1 aliphatic heterocycles. The minimum atomic E-state index is -2.33. The van der Waals surface area contributed by atoms with Crippen molar-refractivity contribution in [2.45, 2.75) is 43.3 Å². The monoisotopic (exact) mass is 556 g/mol. The molecule has 204 valence electrons. The molecule has 0 fully saturated rings. The highest BCUT2D eigenvalue weighted by molar-refractivity contribution is 6.64. The molecule has 0 saturated heterocycles. The lowest BCUT2D eigenvalue weighted by atomic mass is 9.40. The number of aryl methyl sites for hydroxylation is 1. The van der Waals surface area contributed by atoms with Crippen LogP contribution in [0.3, 0.4) is 0 Å². The maximum atomic E-state index is 13.2. The topological polar surface area (TPSA) is 128 Å². The van der Waals surface area contributed by atoms with Crippen molar-refractivity contribution < 1.29 is 28.3 Å². The van der Waals surface area contributed by atoms with Gasteiger partial charge in [0.15, 0.2) is 5.75 Å². The van der Waals surface area contributed by atoms with Crippen molar-refractivity contribution in [3.8, 4) is 11.5 Å². The van der Waals surface area contributed by atoms with Crippen LogP contribution in [0.25, 0.3) is 11.0 Å². The van der Waals surface area contributed by atoms with Gasteiger partial charge in [-0.3, -0.25) is 14.6 Å². The maximum Gasteiger partial charge on any atom is 0.294 e. The highest BCUT2D eigenvalue weighted by atomic mass is 16.5. The third-order valence-electron chi connectivity index (χ3n) is 6.20. The first kappa shape index (κ1) is 33.0. The van der Waals surface area contributed by atoms with Gasteiger partial charge in [-0.15, -0.1) is 0 Å². The van der Waals surface area contributed by atoms with E-state index in [1.165, 1.54) is 0 Å². The number of aldehydes is 1. The first-order chi connectivity index (χ1) is 19.8. The van der Waals surface area contributed by atoms with E-state index in [-0.39, 0.29) is 18.1 Å². The first-order valence-electron chi connectivity index (χ1n) is 13.0. The average Bonchev–Trinajstić information content (AvgIpc) is 3.23. The van der Waals surface area contributed by atoms with Gasteiger partial charge in [-0.2, -0.15) is 0 Å². The summed E-state index contributed by atoms with van der Waals surface area (Å²) < 4.78 is 16.7. The number of furan rings is 1. The van der Waals surface area contributed by atoms with Crippen LogP contribution in [0.2, 0.25) is 0 Å². The Morgan fingerprint density at radius 1 is 1.19 bits per heavy atom. The molecule has 1 aliphatic rings. The van der Waals surface area contributed by atoms with Gasteiger partial charge in [0, 0.05) is 12.7 Å². The fourth-order valence-electron chi connectivity index (χ4n) is 4.32. The molecule has 0 aliphatic carbocycles. The molecule has 1 atom stereocenters. The van der Waals surface area contributed by atoms with Crippen molar-refractivity contribution in [3.63, 3.8) is 0 Å². The summed E-state index contributed by atoms with van der Waals surface area (Å²) in [7, 11) is 33.4. The van der Waals surface area contributed by atoms with E-state index in [4.69, 9.17) is 66.7 Å². The highest BCUT2D eigenvalue weighted by Crippen LogP contribution is 2.37. The number of ether oxygens (including phenoxy) is 2. The van der Waals surface area contributed by atoms with Crippen LogP contribution in [-0.2, 0) is 22.6 Å². The Hall–Kier alpha value is -3.53. The summed E-state index contributed by atoms with van der Waals surface area (Å²) in [5, 5.41) is -4.09. The lowest BCUT2D eigenvalue weighted by Crippen LogP contribution is -2.67. The number of rotatable bonds is 9. The Balaban J connectivity index is 0.000000369. The number of benzene rings is 1. The van der Waals surface area contributed by atoms with E-state index in [0.29, 0.717) is 35.3 Å². The number of hydrogen-bond donors (Lipinski definition) is 1. The molecule has 3 heterocycles. The molecule has 10 nitrogen and oxygen atoms in total. The highest BCUT2D eigenvalue weighted by Gasteiger charge is 2.39. The largest absolute Gasteiger partial charge is 0.492 e. The second-order valence-corrected chi connectivity index (χ2v) is 9.48. The quantitative estimate of drug-likeness (QED) is 0.274. The first-order valence-corrected chi connectivity index (χ1v) is 13.0. The number of amides is 2. The van der Waals surface area contributed by atoms with Crippen LogP contribution in [0.5, 0.6) is 11.5 Å². The van der Waals surface area contributed by atoms with Crippen LogP contribution >= 0.6 is 0 Å². The Kier molecular flexibility index (Phi) is 10.7. The summed E-state index contributed by atoms with van der Waals surface area (Å²) in [5.74, 6) is -0.942. The van der Waals surface area contributed by atoms with Crippen LogP contribution in [0, 0.1) is 0 Å². The molecule has 2 amide bonds. The number of fused-ring (bicyclic) bond motifs is 3. The van der Waals surface area contributed by atoms with Crippen molar-refractivity contribution in [1.82, 2.24) is 14.8 Å². The van der Waals surface area contributed by atoms with E-state index in [2.05, 4.69) is 4.98 Å². The minimum absolute atomic E-state index is 0.161. The van der Waals surface area contributed by atoms with Crippen molar-refractivity contribution in [2.24, 2.45) is 5.73 Å². The molecule has 2 aromatic heterocycles. The summed E-state index contributed by atoms with van der Waals surface area (Å²) in [6, 6.07) is 7.99. The molecule has 12 radical (unpaired) electrons. The van der Waals surface area contributed by atoms with E-state index < -0.39 is 34.9 Å². The van der Waals surface area contributed by atoms with Crippen molar-refractivity contribution in [2.75, 3.05) is 19.8 Å². The second kappa shape index (κ2) is 13.6. The van der Waals surface area contributed by atoms with Gasteiger partial charge in [0.2, 0.25) is 11.7 Å². The number of hydrogen-bond acceptors (Lipinski definition) is 8. The van der Waals surface area contributed by atoms with E-state index in [9.17, 15) is 14.4 Å². The van der Waals surface area contributed by atoms with Crippen molar-refractivity contribution >= 4 is 76.1 Å². The van der Waals surface area contributed by atoms with Gasteiger partial charge in [-0.1, -0.05) is 23.5 Å². The third kappa shape index (κ3) is 7.45. The molecule has 3 aromatic rings. The smallest absolute Gasteiger partial charge is 0.294 e. The van der Waals surface area contributed by atoms with Gasteiger partial charge >= 0.3 is 0 Å². The Labute approximate surface area is 252 Å². The predicted octanol–water partition coefficient (Wildman–Crippen LogP) is -0.601. The SMILES string of the molecule is CCOc1cccnc1CN.[B]C([B])([B])N(C(=O)CN1C(=O)c2oc3ccc(CC)cc3c2OCC1C=O)C([B])([B])[B]. The molecular weight excluding hydrogens is 529 g/mol. The number of carbonyl (C=O) groups excluding carboxylic acids is 3. The second-order valence-electron chi connectivity index (χ2n) is 9.48. The fourth-order valence-corrected chi connectivity index (χ4v) is 4.32. The number of aromatic nitrogens is 1. The minimum Gasteiger partial charge on any atom is -0.492 e. The maximum absolute atomic E-state index is 13.2. The van der Waals surface area contributed by atoms with Crippen LogP contribution < -0.4 is 15.2 Å². The van der Waals surface area contributed by atoms with Gasteiger partial charge in [0.25, 0.3) is 5.91 Å². The molecule has 1 unspecified atom stereocenters. The van der Waals surface area contributed by atoms with Crippen LogP contribution in [0.15, 0.2) is 40.9 Å². The molecule has 42 heavy (non-hydrogen) atoms. The summed E-state index contributed by atoms with van der Waals surface area (Å²) in [5.41, 5.74) is 7.67. The molecule has 4 rings (SSSR count). The Bertz CT molecular complexity index is 1410. The molecule has 16 heteroatoms. The summed E-state index contributed by atoms with van der Waals surface area (Å²) in [4.78, 5) is 43.2. The lowest BCUT2D eigenvalue weighted by molar-refractivity contribution is -0.133. The van der Waals surface area contributed by atoms with E-state index in [1.54, 1.807) is 12.3 Å². The molecule has 1 aromatic carbocycles. The number of nitrogens with two attached hydrogens (primary N) is 1. The van der Waals surface area contributed by atoms with Gasteiger partial charge in [0.05, 0.1) is 64.8 Å². The van der Waals surface area contributed by atoms with Gasteiger partial charge in [0.1, 0.15) is 36.8 Å². The van der Waals surface area contributed by atoms with Crippen LogP contribution in [-0.4, -0.2) is 116 Å². The Morgan fingerprint density at radius 3 is 2.45 bits per heavy atom. The standard InChI is InChI=1S/C18H14B6N2O5.C8H12N2O/c1-2-9-3-4-12-11(5-9)14-15(31-12)16(29)25(10(7-27)8-30-14)6-13(28)26(17(19,20)21)18(22,23)24;1-2-11-8-4-3-5-10-7(8)6-9/h3-5,7,10H,2,6,8H2,1H3;3-5H,2,6,9H2,1H3. The van der Waals surface area contributed by atoms with Crippen molar-refractivity contribution in [3.05, 3.63) is 53.5 Å². The lowest BCUT2D eigenvalue weighted by Gasteiger charge is -2.49. The molecule has 0 bridgehead atoms. The van der Waals surface area contributed by atoms with Gasteiger partial charge < -0.3 is 34.2 Å². The summed E-state index contributed by atoms with van der Waals surface area (Å²) in [6.07, 6.45) is 2.93. The average molecular weight is 555 g/mol.